The predicted octanol–water partition coefficient (Wildman–Crippen LogP) is 3.94. The van der Waals surface area contributed by atoms with Crippen LogP contribution < -0.4 is 0 Å². The van der Waals surface area contributed by atoms with Crippen LogP contribution in [0.5, 0.6) is 0 Å². The smallest absolute Gasteiger partial charge is 0.417 e. The van der Waals surface area contributed by atoms with Crippen molar-refractivity contribution in [2.75, 3.05) is 6.61 Å². The van der Waals surface area contributed by atoms with Crippen LogP contribution in [0.4, 0.5) is 13.2 Å². The molecule has 2 aromatic rings. The van der Waals surface area contributed by atoms with E-state index in [0.29, 0.717) is 5.56 Å². The fourth-order valence-electron chi connectivity index (χ4n) is 2.01. The summed E-state index contributed by atoms with van der Waals surface area (Å²) in [6.45, 7) is 1.55. The second-order valence-corrected chi connectivity index (χ2v) is 4.18. The largest absolute Gasteiger partial charge is 0.462 e. The van der Waals surface area contributed by atoms with Crippen LogP contribution in [0.1, 0.15) is 22.8 Å². The standard InChI is InChI=1S/C15H12F3NO2/c1-2-21-14(20)12-5-3-4-11(13(12)15(16,17)18)10-6-8-19-9-7-10/h3-9H,2H2,1H3. The van der Waals surface area contributed by atoms with Crippen molar-refractivity contribution < 1.29 is 22.7 Å². The monoisotopic (exact) mass is 295 g/mol. The van der Waals surface area contributed by atoms with Crippen LogP contribution in [0.3, 0.4) is 0 Å². The zero-order valence-electron chi connectivity index (χ0n) is 11.1. The van der Waals surface area contributed by atoms with E-state index in [9.17, 15) is 18.0 Å². The van der Waals surface area contributed by atoms with Gasteiger partial charge in [-0.15, -0.1) is 0 Å². The highest BCUT2D eigenvalue weighted by molar-refractivity contribution is 5.94. The summed E-state index contributed by atoms with van der Waals surface area (Å²) in [6, 6.07) is 6.75. The van der Waals surface area contributed by atoms with Crippen molar-refractivity contribution in [1.29, 1.82) is 0 Å². The fraction of sp³-hybridized carbons (Fsp3) is 0.200. The van der Waals surface area contributed by atoms with E-state index >= 15 is 0 Å². The Bertz CT molecular complexity index is 639. The predicted molar refractivity (Wildman–Crippen MR) is 70.6 cm³/mol. The summed E-state index contributed by atoms with van der Waals surface area (Å²) in [5.74, 6) is -0.985. The van der Waals surface area contributed by atoms with E-state index in [4.69, 9.17) is 4.74 Å². The molecule has 3 nitrogen and oxygen atoms in total. The van der Waals surface area contributed by atoms with Gasteiger partial charge in [-0.3, -0.25) is 4.98 Å². The first-order chi connectivity index (χ1) is 9.95. The molecule has 0 N–H and O–H groups in total. The van der Waals surface area contributed by atoms with Crippen LogP contribution in [0.25, 0.3) is 11.1 Å². The number of pyridine rings is 1. The van der Waals surface area contributed by atoms with Gasteiger partial charge in [-0.1, -0.05) is 12.1 Å². The summed E-state index contributed by atoms with van der Waals surface area (Å²) in [7, 11) is 0. The molecule has 0 radical (unpaired) electrons. The van der Waals surface area contributed by atoms with Crippen LogP contribution in [0.15, 0.2) is 42.7 Å². The van der Waals surface area contributed by atoms with Crippen LogP contribution in [-0.4, -0.2) is 17.6 Å². The minimum absolute atomic E-state index is 0.00954. The zero-order valence-corrected chi connectivity index (χ0v) is 11.1. The number of halogens is 3. The van der Waals surface area contributed by atoms with E-state index in [2.05, 4.69) is 4.98 Å². The van der Waals surface area contributed by atoms with Crippen LogP contribution in [-0.2, 0) is 10.9 Å². The summed E-state index contributed by atoms with van der Waals surface area (Å²) in [5, 5.41) is 0. The Labute approximate surface area is 119 Å². The lowest BCUT2D eigenvalue weighted by Gasteiger charge is -2.16. The van der Waals surface area contributed by atoms with Crippen LogP contribution in [0, 0.1) is 0 Å². The summed E-state index contributed by atoms with van der Waals surface area (Å²) in [5.41, 5.74) is -1.22. The zero-order chi connectivity index (χ0) is 15.5. The second kappa shape index (κ2) is 5.95. The van der Waals surface area contributed by atoms with Gasteiger partial charge < -0.3 is 4.74 Å². The molecule has 0 bridgehead atoms. The lowest BCUT2D eigenvalue weighted by molar-refractivity contribution is -0.137. The minimum Gasteiger partial charge on any atom is -0.462 e. The number of benzene rings is 1. The SMILES string of the molecule is CCOC(=O)c1cccc(-c2ccncc2)c1C(F)(F)F. The first-order valence-electron chi connectivity index (χ1n) is 6.23. The highest BCUT2D eigenvalue weighted by Crippen LogP contribution is 2.39. The molecule has 0 aliphatic rings. The van der Waals surface area contributed by atoms with Crippen molar-refractivity contribution in [3.8, 4) is 11.1 Å². The van der Waals surface area contributed by atoms with Gasteiger partial charge in [0.25, 0.3) is 0 Å². The molecule has 6 heteroatoms. The molecule has 0 saturated heterocycles. The molecule has 0 aliphatic carbocycles. The number of carbonyl (C=O) groups is 1. The van der Waals surface area contributed by atoms with Gasteiger partial charge in [0.15, 0.2) is 0 Å². The molecular formula is C15H12F3NO2. The molecule has 21 heavy (non-hydrogen) atoms. The quantitative estimate of drug-likeness (QED) is 0.805. The van der Waals surface area contributed by atoms with Gasteiger partial charge in [0.2, 0.25) is 0 Å². The van der Waals surface area contributed by atoms with Gasteiger partial charge in [-0.25, -0.2) is 4.79 Å². The molecule has 0 fully saturated rings. The molecular weight excluding hydrogens is 283 g/mol. The van der Waals surface area contributed by atoms with E-state index in [-0.39, 0.29) is 12.2 Å². The normalized spacial score (nSPS) is 11.2. The van der Waals surface area contributed by atoms with E-state index in [0.717, 1.165) is 6.07 Å². The number of rotatable bonds is 3. The number of hydrogen-bond donors (Lipinski definition) is 0. The summed E-state index contributed by atoms with van der Waals surface area (Å²) in [6.07, 6.45) is -1.87. The molecule has 1 heterocycles. The Hall–Kier alpha value is -2.37. The number of esters is 1. The van der Waals surface area contributed by atoms with Gasteiger partial charge >= 0.3 is 12.1 Å². The van der Waals surface area contributed by atoms with Crippen molar-refractivity contribution in [2.45, 2.75) is 13.1 Å². The van der Waals surface area contributed by atoms with Gasteiger partial charge in [0.1, 0.15) is 0 Å². The number of aromatic nitrogens is 1. The molecule has 110 valence electrons. The highest BCUT2D eigenvalue weighted by Gasteiger charge is 2.38. The molecule has 0 unspecified atom stereocenters. The molecule has 1 aromatic carbocycles. The van der Waals surface area contributed by atoms with Gasteiger partial charge in [0, 0.05) is 12.4 Å². The number of nitrogens with zero attached hydrogens (tertiary/aromatic N) is 1. The van der Waals surface area contributed by atoms with E-state index in [1.165, 1.54) is 43.6 Å². The average Bonchev–Trinajstić information content (AvgIpc) is 2.46. The van der Waals surface area contributed by atoms with E-state index in [1.807, 2.05) is 0 Å². The third-order valence-corrected chi connectivity index (χ3v) is 2.83. The van der Waals surface area contributed by atoms with Crippen LogP contribution in [0.2, 0.25) is 0 Å². The summed E-state index contributed by atoms with van der Waals surface area (Å²) < 4.78 is 44.8. The van der Waals surface area contributed by atoms with Crippen molar-refractivity contribution in [1.82, 2.24) is 4.98 Å². The molecule has 0 spiro atoms. The van der Waals surface area contributed by atoms with Crippen molar-refractivity contribution >= 4 is 5.97 Å². The molecule has 1 aromatic heterocycles. The fourth-order valence-corrected chi connectivity index (χ4v) is 2.01. The maximum Gasteiger partial charge on any atom is 0.417 e. The third kappa shape index (κ3) is 3.21. The molecule has 0 atom stereocenters. The third-order valence-electron chi connectivity index (χ3n) is 2.83. The number of hydrogen-bond acceptors (Lipinski definition) is 3. The number of ether oxygens (including phenoxy) is 1. The number of alkyl halides is 3. The summed E-state index contributed by atoms with van der Waals surface area (Å²) >= 11 is 0. The minimum atomic E-state index is -4.66. The lowest BCUT2D eigenvalue weighted by Crippen LogP contribution is -2.16. The second-order valence-electron chi connectivity index (χ2n) is 4.18. The van der Waals surface area contributed by atoms with Gasteiger partial charge in [0.05, 0.1) is 17.7 Å². The number of carbonyl (C=O) groups excluding carboxylic acids is 1. The topological polar surface area (TPSA) is 39.2 Å². The highest BCUT2D eigenvalue weighted by atomic mass is 19.4. The lowest BCUT2D eigenvalue weighted by atomic mass is 9.95. The van der Waals surface area contributed by atoms with Crippen LogP contribution >= 0.6 is 0 Å². The first kappa shape index (κ1) is 15.0. The van der Waals surface area contributed by atoms with Crippen molar-refractivity contribution in [2.24, 2.45) is 0 Å². The van der Waals surface area contributed by atoms with Crippen molar-refractivity contribution in [3.05, 3.63) is 53.9 Å². The van der Waals surface area contributed by atoms with E-state index in [1.54, 1.807) is 0 Å². The van der Waals surface area contributed by atoms with Gasteiger partial charge in [-0.2, -0.15) is 13.2 Å². The average molecular weight is 295 g/mol. The summed E-state index contributed by atoms with van der Waals surface area (Å²) in [4.78, 5) is 15.5. The Morgan fingerprint density at radius 3 is 2.43 bits per heavy atom. The Morgan fingerprint density at radius 2 is 1.86 bits per heavy atom. The molecule has 2 rings (SSSR count). The first-order valence-corrected chi connectivity index (χ1v) is 6.23. The van der Waals surface area contributed by atoms with Gasteiger partial charge in [-0.05, 0) is 36.2 Å². The molecule has 0 aliphatic heterocycles. The van der Waals surface area contributed by atoms with Crippen molar-refractivity contribution in [3.63, 3.8) is 0 Å². The maximum absolute atomic E-state index is 13.4. The Balaban J connectivity index is 2.67. The Morgan fingerprint density at radius 1 is 1.19 bits per heavy atom. The van der Waals surface area contributed by atoms with E-state index < -0.39 is 23.3 Å². The molecule has 0 amide bonds. The maximum atomic E-state index is 13.4. The molecule has 0 saturated carbocycles. The Kier molecular flexibility index (Phi) is 4.26.